The van der Waals surface area contributed by atoms with Gasteiger partial charge in [0.15, 0.2) is 5.78 Å². The molecule has 5 heteroatoms. The van der Waals surface area contributed by atoms with E-state index in [4.69, 9.17) is 19.9 Å². The quantitative estimate of drug-likeness (QED) is 0.253. The van der Waals surface area contributed by atoms with E-state index in [0.717, 1.165) is 38.5 Å². The Morgan fingerprint density at radius 2 is 1.52 bits per heavy atom. The summed E-state index contributed by atoms with van der Waals surface area (Å²) in [5.74, 6) is 0.229. The summed E-state index contributed by atoms with van der Waals surface area (Å²) in [6.45, 7) is 12.6. The fourth-order valence-electron chi connectivity index (χ4n) is 3.76. The first-order chi connectivity index (χ1) is 14.0. The fraction of sp³-hybridized carbons (Fsp3) is 0.958. The Morgan fingerprint density at radius 3 is 2.07 bits per heavy atom. The topological polar surface area (TPSA) is 70.8 Å². The van der Waals surface area contributed by atoms with E-state index in [1.807, 2.05) is 13.8 Å². The van der Waals surface area contributed by atoms with Crippen molar-refractivity contribution in [3.05, 3.63) is 0 Å². The molecule has 0 heterocycles. The van der Waals surface area contributed by atoms with Crippen LogP contribution in [0.1, 0.15) is 105 Å². The zero-order chi connectivity index (χ0) is 22.0. The van der Waals surface area contributed by atoms with Gasteiger partial charge in [-0.25, -0.2) is 0 Å². The van der Waals surface area contributed by atoms with E-state index in [0.29, 0.717) is 57.8 Å². The van der Waals surface area contributed by atoms with E-state index in [2.05, 4.69) is 20.8 Å². The van der Waals surface area contributed by atoms with Crippen molar-refractivity contribution < 1.29 is 19.0 Å². The molecule has 0 amide bonds. The van der Waals surface area contributed by atoms with Crippen LogP contribution >= 0.6 is 0 Å². The molecule has 1 atom stereocenters. The van der Waals surface area contributed by atoms with Gasteiger partial charge in [0.25, 0.3) is 0 Å². The third kappa shape index (κ3) is 12.1. The highest BCUT2D eigenvalue weighted by Gasteiger charge is 2.34. The molecule has 0 rings (SSSR count). The molecule has 0 aliphatic heterocycles. The summed E-state index contributed by atoms with van der Waals surface area (Å²) in [5, 5.41) is 0. The van der Waals surface area contributed by atoms with Crippen LogP contribution in [0.5, 0.6) is 0 Å². The monoisotopic (exact) mass is 415 g/mol. The van der Waals surface area contributed by atoms with Crippen LogP contribution in [-0.4, -0.2) is 50.0 Å². The minimum Gasteiger partial charge on any atom is -0.378 e. The van der Waals surface area contributed by atoms with E-state index in [1.165, 1.54) is 12.8 Å². The maximum atomic E-state index is 12.9. The van der Waals surface area contributed by atoms with Gasteiger partial charge in [-0.05, 0) is 44.9 Å². The van der Waals surface area contributed by atoms with Crippen LogP contribution < -0.4 is 5.73 Å². The Balaban J connectivity index is 4.45. The molecule has 0 saturated carbocycles. The van der Waals surface area contributed by atoms with Gasteiger partial charge in [-0.3, -0.25) is 4.79 Å². The Morgan fingerprint density at radius 1 is 0.862 bits per heavy atom. The average molecular weight is 416 g/mol. The van der Waals surface area contributed by atoms with Crippen LogP contribution in [0.15, 0.2) is 0 Å². The number of nitrogens with two attached hydrogens (primary N) is 1. The van der Waals surface area contributed by atoms with Gasteiger partial charge in [-0.15, -0.1) is 0 Å². The van der Waals surface area contributed by atoms with Crippen molar-refractivity contribution >= 4 is 5.78 Å². The molecular weight excluding hydrogens is 366 g/mol. The van der Waals surface area contributed by atoms with Crippen LogP contribution in [-0.2, 0) is 19.0 Å². The number of Topliss-reactive ketones (excluding diaryl/α,β-unsaturated/α-hetero) is 1. The minimum absolute atomic E-state index is 0.229. The van der Waals surface area contributed by atoms with Crippen molar-refractivity contribution in [3.8, 4) is 0 Å². The molecule has 29 heavy (non-hydrogen) atoms. The highest BCUT2D eigenvalue weighted by molar-refractivity contribution is 5.87. The summed E-state index contributed by atoms with van der Waals surface area (Å²) in [4.78, 5) is 12.9. The van der Waals surface area contributed by atoms with E-state index in [-0.39, 0.29) is 5.78 Å². The molecular formula is C24H49NO4. The standard InChI is InChI=1S/C24H49NO4/c1-6-11-14-22(29-21(7-2)8-3)15-12-13-16-23(26)24(9-4,10-5)28-20-19-27-18-17-25/h21-22H,6-20,25H2,1-5H3. The molecule has 0 aromatic carbocycles. The highest BCUT2D eigenvalue weighted by Crippen LogP contribution is 2.25. The molecule has 0 fully saturated rings. The lowest BCUT2D eigenvalue weighted by molar-refractivity contribution is -0.148. The lowest BCUT2D eigenvalue weighted by atomic mass is 9.88. The van der Waals surface area contributed by atoms with Gasteiger partial charge >= 0.3 is 0 Å². The van der Waals surface area contributed by atoms with Crippen LogP contribution in [0.2, 0.25) is 0 Å². The van der Waals surface area contributed by atoms with Crippen LogP contribution in [0.3, 0.4) is 0 Å². The summed E-state index contributed by atoms with van der Waals surface area (Å²) in [7, 11) is 0. The van der Waals surface area contributed by atoms with Crippen molar-refractivity contribution in [1.29, 1.82) is 0 Å². The van der Waals surface area contributed by atoms with Crippen LogP contribution in [0.25, 0.3) is 0 Å². The second-order valence-electron chi connectivity index (χ2n) is 7.96. The molecule has 0 aliphatic rings. The summed E-state index contributed by atoms with van der Waals surface area (Å²) >= 11 is 0. The van der Waals surface area contributed by atoms with E-state index in [9.17, 15) is 4.79 Å². The lowest BCUT2D eigenvalue weighted by Gasteiger charge is -2.30. The second-order valence-corrected chi connectivity index (χ2v) is 7.96. The zero-order valence-electron chi connectivity index (χ0n) is 20.0. The van der Waals surface area contributed by atoms with Crippen molar-refractivity contribution in [2.24, 2.45) is 5.73 Å². The zero-order valence-corrected chi connectivity index (χ0v) is 20.0. The Hall–Kier alpha value is -0.490. The second kappa shape index (κ2) is 18.3. The summed E-state index contributed by atoms with van der Waals surface area (Å²) in [5.41, 5.74) is 4.76. The summed E-state index contributed by atoms with van der Waals surface area (Å²) < 4.78 is 17.7. The maximum Gasteiger partial charge on any atom is 0.164 e. The van der Waals surface area contributed by atoms with Gasteiger partial charge < -0.3 is 19.9 Å². The number of rotatable bonds is 21. The maximum absolute atomic E-state index is 12.9. The van der Waals surface area contributed by atoms with Crippen LogP contribution in [0.4, 0.5) is 0 Å². The summed E-state index contributed by atoms with van der Waals surface area (Å²) in [6.07, 6.45) is 11.3. The third-order valence-corrected chi connectivity index (χ3v) is 5.87. The van der Waals surface area contributed by atoms with Gasteiger partial charge in [0.05, 0.1) is 32.0 Å². The Labute approximate surface area is 180 Å². The predicted molar refractivity (Wildman–Crippen MR) is 121 cm³/mol. The van der Waals surface area contributed by atoms with Crippen LogP contribution in [0, 0.1) is 0 Å². The lowest BCUT2D eigenvalue weighted by Crippen LogP contribution is -2.41. The Bertz CT molecular complexity index is 381. The van der Waals surface area contributed by atoms with E-state index in [1.54, 1.807) is 0 Å². The number of hydrogen-bond acceptors (Lipinski definition) is 5. The normalized spacial score (nSPS) is 13.2. The molecule has 5 nitrogen and oxygen atoms in total. The predicted octanol–water partition coefficient (Wildman–Crippen LogP) is 5.43. The van der Waals surface area contributed by atoms with Crippen molar-refractivity contribution in [2.45, 2.75) is 123 Å². The van der Waals surface area contributed by atoms with Crippen molar-refractivity contribution in [2.75, 3.05) is 26.4 Å². The molecule has 0 aromatic heterocycles. The number of ketones is 1. The first-order valence-electron chi connectivity index (χ1n) is 12.1. The van der Waals surface area contributed by atoms with E-state index >= 15 is 0 Å². The molecule has 0 spiro atoms. The molecule has 0 radical (unpaired) electrons. The Kier molecular flexibility index (Phi) is 18.0. The molecule has 0 bridgehead atoms. The first kappa shape index (κ1) is 28.5. The highest BCUT2D eigenvalue weighted by atomic mass is 16.5. The summed E-state index contributed by atoms with van der Waals surface area (Å²) in [6, 6.07) is 0. The molecule has 1 unspecified atom stereocenters. The van der Waals surface area contributed by atoms with Gasteiger partial charge in [-0.1, -0.05) is 53.9 Å². The third-order valence-electron chi connectivity index (χ3n) is 5.87. The van der Waals surface area contributed by atoms with Crippen molar-refractivity contribution in [1.82, 2.24) is 0 Å². The first-order valence-corrected chi connectivity index (χ1v) is 12.1. The van der Waals surface area contributed by atoms with Gasteiger partial charge in [0.2, 0.25) is 0 Å². The number of carbonyl (C=O) groups excluding carboxylic acids is 1. The smallest absolute Gasteiger partial charge is 0.164 e. The fourth-order valence-corrected chi connectivity index (χ4v) is 3.76. The molecule has 2 N–H and O–H groups in total. The van der Waals surface area contributed by atoms with E-state index < -0.39 is 5.60 Å². The molecule has 174 valence electrons. The molecule has 0 aromatic rings. The average Bonchev–Trinajstić information content (AvgIpc) is 2.75. The number of hydrogen-bond donors (Lipinski definition) is 1. The number of unbranched alkanes of at least 4 members (excludes halogenated alkanes) is 2. The largest absolute Gasteiger partial charge is 0.378 e. The number of carbonyl (C=O) groups is 1. The van der Waals surface area contributed by atoms with Gasteiger partial charge in [0, 0.05) is 13.0 Å². The van der Waals surface area contributed by atoms with Gasteiger partial charge in [0.1, 0.15) is 5.60 Å². The minimum atomic E-state index is -0.667. The SMILES string of the molecule is CCCCC(CCCCC(=O)C(CC)(CC)OCCOCCN)OC(CC)CC. The molecule has 0 aliphatic carbocycles. The molecule has 0 saturated heterocycles. The van der Waals surface area contributed by atoms with Gasteiger partial charge in [-0.2, -0.15) is 0 Å². The van der Waals surface area contributed by atoms with Crippen molar-refractivity contribution in [3.63, 3.8) is 0 Å². The number of ether oxygens (including phenoxy) is 3.